The van der Waals surface area contributed by atoms with E-state index < -0.39 is 10.0 Å². The van der Waals surface area contributed by atoms with Crippen LogP contribution in [0.5, 0.6) is 0 Å². The Kier molecular flexibility index (Phi) is 3.95. The first-order valence-corrected chi connectivity index (χ1v) is 7.67. The summed E-state index contributed by atoms with van der Waals surface area (Å²) in [6.45, 7) is 0.351. The summed E-state index contributed by atoms with van der Waals surface area (Å²) in [5.74, 6) is 0. The predicted octanol–water partition coefficient (Wildman–Crippen LogP) is 1.25. The number of pyridine rings is 1. The Morgan fingerprint density at radius 1 is 1.33 bits per heavy atom. The number of aromatic nitrogens is 1. The van der Waals surface area contributed by atoms with Crippen molar-refractivity contribution in [3.05, 3.63) is 41.5 Å². The zero-order valence-electron chi connectivity index (χ0n) is 9.54. The number of nitrogen functional groups attached to an aromatic ring is 1. The molecule has 7 heteroatoms. The number of hydrogen-bond acceptors (Lipinski definition) is 5. The van der Waals surface area contributed by atoms with E-state index in [2.05, 4.69) is 9.71 Å². The quantitative estimate of drug-likeness (QED) is 0.864. The van der Waals surface area contributed by atoms with Crippen LogP contribution in [0.1, 0.15) is 5.56 Å². The zero-order chi connectivity index (χ0) is 13.0. The molecule has 2 aromatic heterocycles. The van der Waals surface area contributed by atoms with E-state index >= 15 is 0 Å². The van der Waals surface area contributed by atoms with E-state index in [1.165, 1.54) is 6.07 Å². The molecule has 0 spiro atoms. The number of nitrogens with one attached hydrogen (secondary N) is 1. The Labute approximate surface area is 110 Å². The molecule has 0 bridgehead atoms. The van der Waals surface area contributed by atoms with Gasteiger partial charge in [0.1, 0.15) is 4.21 Å². The Balaban J connectivity index is 1.94. The van der Waals surface area contributed by atoms with Gasteiger partial charge in [0.15, 0.2) is 0 Å². The fourth-order valence-electron chi connectivity index (χ4n) is 1.42. The minimum atomic E-state index is -3.44. The number of nitrogens with zero attached hydrogens (tertiary/aromatic N) is 1. The van der Waals surface area contributed by atoms with E-state index in [0.717, 1.165) is 16.9 Å². The van der Waals surface area contributed by atoms with Crippen molar-refractivity contribution in [3.8, 4) is 0 Å². The lowest BCUT2D eigenvalue weighted by Crippen LogP contribution is -2.25. The highest BCUT2D eigenvalue weighted by molar-refractivity contribution is 7.91. The van der Waals surface area contributed by atoms with Gasteiger partial charge in [0.2, 0.25) is 10.0 Å². The molecular formula is C11H13N3O2S2. The van der Waals surface area contributed by atoms with Crippen LogP contribution in [0.2, 0.25) is 0 Å². The van der Waals surface area contributed by atoms with Crippen LogP contribution in [0.25, 0.3) is 0 Å². The van der Waals surface area contributed by atoms with Gasteiger partial charge in [-0.05, 0) is 30.2 Å². The molecule has 0 aliphatic heterocycles. The topological polar surface area (TPSA) is 85.1 Å². The lowest BCUT2D eigenvalue weighted by Gasteiger charge is -2.04. The molecular weight excluding hydrogens is 270 g/mol. The molecule has 2 heterocycles. The molecule has 0 unspecified atom stereocenters. The van der Waals surface area contributed by atoms with Crippen molar-refractivity contribution in [2.45, 2.75) is 10.6 Å². The standard InChI is InChI=1S/C11H13N3O2S2/c12-10-7-11(17-8-10)18(15,16)14-6-3-9-1-4-13-5-2-9/h1-2,4-5,7-8,14H,3,6,12H2. The van der Waals surface area contributed by atoms with Crippen LogP contribution in [0.4, 0.5) is 5.69 Å². The molecule has 2 rings (SSSR count). The van der Waals surface area contributed by atoms with Gasteiger partial charge in [-0.25, -0.2) is 13.1 Å². The van der Waals surface area contributed by atoms with E-state index in [1.807, 2.05) is 12.1 Å². The van der Waals surface area contributed by atoms with E-state index in [0.29, 0.717) is 18.7 Å². The second kappa shape index (κ2) is 5.47. The van der Waals surface area contributed by atoms with Crippen LogP contribution < -0.4 is 10.5 Å². The summed E-state index contributed by atoms with van der Waals surface area (Å²) in [6, 6.07) is 5.17. The molecule has 0 amide bonds. The number of sulfonamides is 1. The normalized spacial score (nSPS) is 11.6. The summed E-state index contributed by atoms with van der Waals surface area (Å²) in [6.07, 6.45) is 4.00. The number of nitrogens with two attached hydrogens (primary N) is 1. The highest BCUT2D eigenvalue weighted by atomic mass is 32.2. The third-order valence-corrected chi connectivity index (χ3v) is 5.23. The van der Waals surface area contributed by atoms with E-state index in [1.54, 1.807) is 17.8 Å². The Hall–Kier alpha value is -1.44. The average molecular weight is 283 g/mol. The molecule has 0 aliphatic carbocycles. The molecule has 5 nitrogen and oxygen atoms in total. The Morgan fingerprint density at radius 3 is 2.67 bits per heavy atom. The molecule has 0 atom stereocenters. The fraction of sp³-hybridized carbons (Fsp3) is 0.182. The van der Waals surface area contributed by atoms with E-state index in [4.69, 9.17) is 5.73 Å². The van der Waals surface area contributed by atoms with Gasteiger partial charge in [-0.3, -0.25) is 4.98 Å². The third kappa shape index (κ3) is 3.28. The highest BCUT2D eigenvalue weighted by Crippen LogP contribution is 2.21. The Bertz CT molecular complexity index is 608. The largest absolute Gasteiger partial charge is 0.398 e. The van der Waals surface area contributed by atoms with Crippen LogP contribution in [-0.2, 0) is 16.4 Å². The average Bonchev–Trinajstić information content (AvgIpc) is 2.78. The van der Waals surface area contributed by atoms with Crippen molar-refractivity contribution in [3.63, 3.8) is 0 Å². The SMILES string of the molecule is Nc1csc(S(=O)(=O)NCCc2ccncc2)c1. The molecule has 3 N–H and O–H groups in total. The summed E-state index contributed by atoms with van der Waals surface area (Å²) in [5, 5.41) is 1.61. The lowest BCUT2D eigenvalue weighted by atomic mass is 10.2. The predicted molar refractivity (Wildman–Crippen MR) is 71.9 cm³/mol. The second-order valence-electron chi connectivity index (χ2n) is 3.70. The zero-order valence-corrected chi connectivity index (χ0v) is 11.2. The van der Waals surface area contributed by atoms with Crippen molar-refractivity contribution in [1.82, 2.24) is 9.71 Å². The van der Waals surface area contributed by atoms with Gasteiger partial charge in [-0.15, -0.1) is 11.3 Å². The monoisotopic (exact) mass is 283 g/mol. The number of thiophene rings is 1. The van der Waals surface area contributed by atoms with Gasteiger partial charge < -0.3 is 5.73 Å². The molecule has 0 radical (unpaired) electrons. The van der Waals surface area contributed by atoms with Gasteiger partial charge >= 0.3 is 0 Å². The van der Waals surface area contributed by atoms with Crippen molar-refractivity contribution in [2.24, 2.45) is 0 Å². The number of rotatable bonds is 5. The van der Waals surface area contributed by atoms with Crippen LogP contribution in [0, 0.1) is 0 Å². The molecule has 0 aliphatic rings. The van der Waals surface area contributed by atoms with Gasteiger partial charge in [0.25, 0.3) is 0 Å². The molecule has 2 aromatic rings. The second-order valence-corrected chi connectivity index (χ2v) is 6.61. The highest BCUT2D eigenvalue weighted by Gasteiger charge is 2.15. The first-order chi connectivity index (χ1) is 8.58. The summed E-state index contributed by atoms with van der Waals surface area (Å²) in [5.41, 5.74) is 7.01. The summed E-state index contributed by atoms with van der Waals surface area (Å²) in [7, 11) is -3.44. The minimum absolute atomic E-state index is 0.245. The third-order valence-electron chi connectivity index (χ3n) is 2.32. The molecule has 0 saturated carbocycles. The summed E-state index contributed by atoms with van der Waals surface area (Å²) >= 11 is 1.12. The van der Waals surface area contributed by atoms with Gasteiger partial charge in [0, 0.05) is 30.0 Å². The maximum absolute atomic E-state index is 11.9. The maximum Gasteiger partial charge on any atom is 0.250 e. The van der Waals surface area contributed by atoms with Gasteiger partial charge in [0.05, 0.1) is 0 Å². The van der Waals surface area contributed by atoms with E-state index in [-0.39, 0.29) is 4.21 Å². The van der Waals surface area contributed by atoms with Crippen molar-refractivity contribution >= 4 is 27.0 Å². The van der Waals surface area contributed by atoms with Crippen molar-refractivity contribution < 1.29 is 8.42 Å². The van der Waals surface area contributed by atoms with E-state index in [9.17, 15) is 8.42 Å². The van der Waals surface area contributed by atoms with Crippen molar-refractivity contribution in [2.75, 3.05) is 12.3 Å². The minimum Gasteiger partial charge on any atom is -0.398 e. The first-order valence-electron chi connectivity index (χ1n) is 5.30. The molecule has 0 saturated heterocycles. The van der Waals surface area contributed by atoms with Crippen LogP contribution in [0.3, 0.4) is 0 Å². The lowest BCUT2D eigenvalue weighted by molar-refractivity contribution is 0.584. The Morgan fingerprint density at radius 2 is 2.06 bits per heavy atom. The number of anilines is 1. The fourth-order valence-corrected chi connectivity index (χ4v) is 3.58. The van der Waals surface area contributed by atoms with Gasteiger partial charge in [-0.2, -0.15) is 0 Å². The summed E-state index contributed by atoms with van der Waals surface area (Å²) in [4.78, 5) is 3.90. The maximum atomic E-state index is 11.9. The van der Waals surface area contributed by atoms with Gasteiger partial charge in [-0.1, -0.05) is 0 Å². The van der Waals surface area contributed by atoms with Crippen LogP contribution >= 0.6 is 11.3 Å². The molecule has 0 fully saturated rings. The first kappa shape index (κ1) is 13.0. The smallest absolute Gasteiger partial charge is 0.250 e. The molecule has 18 heavy (non-hydrogen) atoms. The summed E-state index contributed by atoms with van der Waals surface area (Å²) < 4.78 is 26.5. The molecule has 0 aromatic carbocycles. The van der Waals surface area contributed by atoms with Crippen LogP contribution in [0.15, 0.2) is 40.2 Å². The van der Waals surface area contributed by atoms with Crippen LogP contribution in [-0.4, -0.2) is 19.9 Å². The number of hydrogen-bond donors (Lipinski definition) is 2. The molecule has 96 valence electrons. The van der Waals surface area contributed by atoms with Crippen molar-refractivity contribution in [1.29, 1.82) is 0 Å².